The molecule has 7 nitrogen and oxygen atoms in total. The van der Waals surface area contributed by atoms with Crippen LogP contribution in [0.3, 0.4) is 0 Å². The topological polar surface area (TPSA) is 68.9 Å². The van der Waals surface area contributed by atoms with Gasteiger partial charge >= 0.3 is 0 Å². The van der Waals surface area contributed by atoms with Crippen molar-refractivity contribution in [3.05, 3.63) is 70.8 Å². The van der Waals surface area contributed by atoms with Gasteiger partial charge in [-0.2, -0.15) is 10.1 Å². The second kappa shape index (κ2) is 10.5. The number of aromatic nitrogens is 2. The van der Waals surface area contributed by atoms with E-state index in [9.17, 15) is 4.79 Å². The maximum absolute atomic E-state index is 12.8. The molecule has 1 amide bonds. The molecule has 1 fully saturated rings. The summed E-state index contributed by atoms with van der Waals surface area (Å²) in [6.45, 7) is 7.61. The van der Waals surface area contributed by atoms with Crippen molar-refractivity contribution in [2.45, 2.75) is 20.3 Å². The summed E-state index contributed by atoms with van der Waals surface area (Å²) in [4.78, 5) is 19.8. The maximum atomic E-state index is 12.8. The van der Waals surface area contributed by atoms with Crippen LogP contribution in [0.1, 0.15) is 24.5 Å². The van der Waals surface area contributed by atoms with Crippen molar-refractivity contribution in [2.75, 3.05) is 32.9 Å². The van der Waals surface area contributed by atoms with Crippen LogP contribution in [0.5, 0.6) is 5.75 Å². The molecular weight excluding hydrogens is 460 g/mol. The first-order valence-electron chi connectivity index (χ1n) is 11.9. The second-order valence-corrected chi connectivity index (χ2v) is 9.46. The molecule has 8 heteroatoms. The zero-order valence-corrected chi connectivity index (χ0v) is 20.8. The molecule has 5 rings (SSSR count). The van der Waals surface area contributed by atoms with Gasteiger partial charge in [0.1, 0.15) is 11.4 Å². The lowest BCUT2D eigenvalue weighted by Crippen LogP contribution is -2.38. The lowest BCUT2D eigenvalue weighted by Gasteiger charge is -2.27. The minimum Gasteiger partial charge on any atom is -0.493 e. The van der Waals surface area contributed by atoms with Crippen LogP contribution in [-0.2, 0) is 9.53 Å². The van der Waals surface area contributed by atoms with Gasteiger partial charge in [-0.25, -0.2) is 4.68 Å². The standard InChI is InChI=1S/C27H28N4O3S/c1-3-13-34-23-10-9-20(16-19(23)2)25-21(18-31(29-25)22-7-5-4-6-8-22)17-24-26(32)28-27(35-24)30-11-14-33-15-12-30/h4-10,16-18H,3,11-15H2,1-2H3/b24-17-. The molecule has 35 heavy (non-hydrogen) atoms. The van der Waals surface area contributed by atoms with Crippen molar-refractivity contribution in [1.29, 1.82) is 0 Å². The first-order valence-corrected chi connectivity index (χ1v) is 12.7. The van der Waals surface area contributed by atoms with Crippen molar-refractivity contribution >= 4 is 28.9 Å². The molecule has 0 aliphatic carbocycles. The molecule has 1 aromatic heterocycles. The molecule has 0 atom stereocenters. The Labute approximate surface area is 209 Å². The number of aliphatic imine (C=N–C) groups is 1. The molecule has 2 aliphatic rings. The Hall–Kier alpha value is -3.36. The van der Waals surface area contributed by atoms with Gasteiger partial charge in [0.25, 0.3) is 5.91 Å². The first kappa shape index (κ1) is 23.4. The van der Waals surface area contributed by atoms with Crippen LogP contribution in [0.2, 0.25) is 0 Å². The summed E-state index contributed by atoms with van der Waals surface area (Å²) in [5.74, 6) is 0.664. The lowest BCUT2D eigenvalue weighted by atomic mass is 10.0. The molecule has 0 bridgehead atoms. The number of hydrogen-bond donors (Lipinski definition) is 0. The smallest absolute Gasteiger partial charge is 0.286 e. The van der Waals surface area contributed by atoms with Crippen molar-refractivity contribution < 1.29 is 14.3 Å². The summed E-state index contributed by atoms with van der Waals surface area (Å²) >= 11 is 1.42. The minimum atomic E-state index is -0.214. The molecule has 0 spiro atoms. The molecule has 0 N–H and O–H groups in total. The van der Waals surface area contributed by atoms with Crippen LogP contribution >= 0.6 is 11.8 Å². The molecule has 0 unspecified atom stereocenters. The number of thioether (sulfide) groups is 1. The molecule has 3 heterocycles. The van der Waals surface area contributed by atoms with Gasteiger partial charge in [0, 0.05) is 30.4 Å². The Morgan fingerprint density at radius 3 is 2.69 bits per heavy atom. The monoisotopic (exact) mass is 488 g/mol. The van der Waals surface area contributed by atoms with E-state index < -0.39 is 0 Å². The minimum absolute atomic E-state index is 0.214. The Balaban J connectivity index is 1.50. The van der Waals surface area contributed by atoms with E-state index in [2.05, 4.69) is 22.9 Å². The number of hydrogen-bond acceptors (Lipinski definition) is 6. The fraction of sp³-hybridized carbons (Fsp3) is 0.296. The zero-order valence-electron chi connectivity index (χ0n) is 19.9. The van der Waals surface area contributed by atoms with Crippen LogP contribution in [0.25, 0.3) is 23.0 Å². The van der Waals surface area contributed by atoms with Gasteiger partial charge in [-0.15, -0.1) is 0 Å². The Morgan fingerprint density at radius 2 is 1.94 bits per heavy atom. The molecule has 2 aliphatic heterocycles. The van der Waals surface area contributed by atoms with E-state index in [0.29, 0.717) is 24.7 Å². The third kappa shape index (κ3) is 5.18. The predicted molar refractivity (Wildman–Crippen MR) is 140 cm³/mol. The largest absolute Gasteiger partial charge is 0.493 e. The van der Waals surface area contributed by atoms with Gasteiger partial charge in [-0.3, -0.25) is 4.79 Å². The number of amidine groups is 1. The first-order chi connectivity index (χ1) is 17.1. The fourth-order valence-electron chi connectivity index (χ4n) is 4.03. The Kier molecular flexibility index (Phi) is 7.01. The number of amides is 1. The molecule has 3 aromatic rings. The van der Waals surface area contributed by atoms with Crippen molar-refractivity contribution in [3.63, 3.8) is 0 Å². The quantitative estimate of drug-likeness (QED) is 0.458. The molecule has 2 aromatic carbocycles. The van der Waals surface area contributed by atoms with Gasteiger partial charge in [-0.1, -0.05) is 25.1 Å². The molecule has 0 saturated carbocycles. The van der Waals surface area contributed by atoms with Crippen LogP contribution in [0.15, 0.2) is 64.6 Å². The average Bonchev–Trinajstić information content (AvgIpc) is 3.48. The lowest BCUT2D eigenvalue weighted by molar-refractivity contribution is -0.113. The van der Waals surface area contributed by atoms with E-state index in [1.165, 1.54) is 11.8 Å². The number of aryl methyl sites for hydroxylation is 1. The van der Waals surface area contributed by atoms with E-state index in [0.717, 1.165) is 58.5 Å². The number of ether oxygens (including phenoxy) is 2. The van der Waals surface area contributed by atoms with E-state index in [-0.39, 0.29) is 5.91 Å². The van der Waals surface area contributed by atoms with Gasteiger partial charge in [0.15, 0.2) is 5.17 Å². The number of rotatable bonds is 6. The van der Waals surface area contributed by atoms with Crippen molar-refractivity contribution in [3.8, 4) is 22.7 Å². The number of morpholine rings is 1. The maximum Gasteiger partial charge on any atom is 0.286 e. The second-order valence-electron chi connectivity index (χ2n) is 8.45. The fourth-order valence-corrected chi connectivity index (χ4v) is 4.99. The van der Waals surface area contributed by atoms with E-state index in [1.54, 1.807) is 0 Å². The number of carbonyl (C=O) groups excluding carboxylic acids is 1. The number of carbonyl (C=O) groups is 1. The van der Waals surface area contributed by atoms with Gasteiger partial charge in [0.05, 0.1) is 30.4 Å². The molecule has 0 radical (unpaired) electrons. The summed E-state index contributed by atoms with van der Waals surface area (Å²) in [6, 6.07) is 16.1. The van der Waals surface area contributed by atoms with Crippen LogP contribution in [-0.4, -0.2) is 58.7 Å². The van der Waals surface area contributed by atoms with Crippen molar-refractivity contribution in [2.24, 2.45) is 4.99 Å². The third-order valence-corrected chi connectivity index (χ3v) is 6.90. The van der Waals surface area contributed by atoms with E-state index in [4.69, 9.17) is 14.6 Å². The van der Waals surface area contributed by atoms with Gasteiger partial charge in [-0.05, 0) is 67.1 Å². The highest BCUT2D eigenvalue weighted by Gasteiger charge is 2.28. The van der Waals surface area contributed by atoms with Crippen molar-refractivity contribution in [1.82, 2.24) is 14.7 Å². The SMILES string of the molecule is CCCOc1ccc(-c2nn(-c3ccccc3)cc2/C=C2\SC(N3CCOCC3)=NC2=O)cc1C. The van der Waals surface area contributed by atoms with E-state index in [1.807, 2.05) is 66.3 Å². The summed E-state index contributed by atoms with van der Waals surface area (Å²) in [6.07, 6.45) is 4.83. The Bertz CT molecular complexity index is 1280. The van der Waals surface area contributed by atoms with Crippen LogP contribution in [0, 0.1) is 6.92 Å². The summed E-state index contributed by atoms with van der Waals surface area (Å²) in [5, 5.41) is 5.65. The highest BCUT2D eigenvalue weighted by Crippen LogP contribution is 2.34. The highest BCUT2D eigenvalue weighted by atomic mass is 32.2. The predicted octanol–water partition coefficient (Wildman–Crippen LogP) is 4.94. The molecular formula is C27H28N4O3S. The molecule has 1 saturated heterocycles. The average molecular weight is 489 g/mol. The number of benzene rings is 2. The Morgan fingerprint density at radius 1 is 1.14 bits per heavy atom. The summed E-state index contributed by atoms with van der Waals surface area (Å²) < 4.78 is 13.1. The van der Waals surface area contributed by atoms with Crippen LogP contribution in [0.4, 0.5) is 0 Å². The van der Waals surface area contributed by atoms with Gasteiger partial charge in [0.2, 0.25) is 0 Å². The number of nitrogens with zero attached hydrogens (tertiary/aromatic N) is 4. The summed E-state index contributed by atoms with van der Waals surface area (Å²) in [5.41, 5.74) is 4.64. The number of para-hydroxylation sites is 1. The van der Waals surface area contributed by atoms with Crippen LogP contribution < -0.4 is 4.74 Å². The highest BCUT2D eigenvalue weighted by molar-refractivity contribution is 8.18. The zero-order chi connectivity index (χ0) is 24.2. The summed E-state index contributed by atoms with van der Waals surface area (Å²) in [7, 11) is 0. The molecule has 180 valence electrons. The third-order valence-electron chi connectivity index (χ3n) is 5.85. The normalized spacial score (nSPS) is 17.2. The van der Waals surface area contributed by atoms with Gasteiger partial charge < -0.3 is 14.4 Å². The van der Waals surface area contributed by atoms with E-state index >= 15 is 0 Å².